The van der Waals surface area contributed by atoms with Gasteiger partial charge in [0.15, 0.2) is 6.61 Å². The lowest BCUT2D eigenvalue weighted by atomic mass is 10.2. The van der Waals surface area contributed by atoms with Crippen molar-refractivity contribution in [1.82, 2.24) is 5.43 Å². The minimum Gasteiger partial charge on any atom is -0.506 e. The second kappa shape index (κ2) is 8.58. The third-order valence-corrected chi connectivity index (χ3v) is 4.05. The SMILES string of the molecule is O=C(COc1cccc([N+](=O)[O-])c1)N/N=C/c1cc(Br)c(O)c(Br)c1. The number of nitro benzene ring substituents is 1. The normalized spacial score (nSPS) is 10.6. The summed E-state index contributed by atoms with van der Waals surface area (Å²) in [5.74, 6) is -0.258. The standard InChI is InChI=1S/C15H11Br2N3O5/c16-12-4-9(5-13(17)15(12)22)7-18-19-14(21)8-25-11-3-1-2-10(6-11)20(23)24/h1-7,22H,8H2,(H,19,21)/b18-7+. The van der Waals surface area contributed by atoms with Gasteiger partial charge in [0.25, 0.3) is 11.6 Å². The van der Waals surface area contributed by atoms with Crippen LogP contribution >= 0.6 is 31.9 Å². The first-order valence-corrected chi connectivity index (χ1v) is 8.32. The van der Waals surface area contributed by atoms with Crippen LogP contribution in [0.2, 0.25) is 0 Å². The smallest absolute Gasteiger partial charge is 0.277 e. The number of benzene rings is 2. The van der Waals surface area contributed by atoms with Crippen LogP contribution in [0.5, 0.6) is 11.5 Å². The maximum Gasteiger partial charge on any atom is 0.277 e. The van der Waals surface area contributed by atoms with E-state index in [1.54, 1.807) is 12.1 Å². The number of ether oxygens (including phenoxy) is 1. The summed E-state index contributed by atoms with van der Waals surface area (Å²) in [6.07, 6.45) is 1.39. The van der Waals surface area contributed by atoms with Gasteiger partial charge in [0.1, 0.15) is 11.5 Å². The van der Waals surface area contributed by atoms with Crippen LogP contribution in [0.15, 0.2) is 50.4 Å². The fraction of sp³-hybridized carbons (Fsp3) is 0.0667. The highest BCUT2D eigenvalue weighted by molar-refractivity contribution is 9.11. The fourth-order valence-electron chi connectivity index (χ4n) is 1.71. The quantitative estimate of drug-likeness (QED) is 0.380. The van der Waals surface area contributed by atoms with Gasteiger partial charge in [-0.1, -0.05) is 6.07 Å². The summed E-state index contributed by atoms with van der Waals surface area (Å²) in [5.41, 5.74) is 2.78. The Labute approximate surface area is 158 Å². The van der Waals surface area contributed by atoms with Crippen molar-refractivity contribution in [1.29, 1.82) is 0 Å². The molecule has 0 unspecified atom stereocenters. The topological polar surface area (TPSA) is 114 Å². The van der Waals surface area contributed by atoms with Gasteiger partial charge in [-0.25, -0.2) is 5.43 Å². The molecule has 0 radical (unpaired) electrons. The molecule has 10 heteroatoms. The van der Waals surface area contributed by atoms with Gasteiger partial charge in [-0.15, -0.1) is 0 Å². The van der Waals surface area contributed by atoms with E-state index in [1.807, 2.05) is 0 Å². The van der Waals surface area contributed by atoms with E-state index in [9.17, 15) is 20.0 Å². The van der Waals surface area contributed by atoms with Crippen LogP contribution < -0.4 is 10.2 Å². The maximum absolute atomic E-state index is 11.7. The number of aromatic hydroxyl groups is 1. The van der Waals surface area contributed by atoms with Crippen LogP contribution in [-0.4, -0.2) is 28.8 Å². The van der Waals surface area contributed by atoms with Crippen molar-refractivity contribution in [3.63, 3.8) is 0 Å². The molecule has 0 aromatic heterocycles. The Morgan fingerprint density at radius 3 is 2.64 bits per heavy atom. The summed E-state index contributed by atoms with van der Waals surface area (Å²) in [4.78, 5) is 21.8. The monoisotopic (exact) mass is 471 g/mol. The van der Waals surface area contributed by atoms with E-state index < -0.39 is 10.8 Å². The van der Waals surface area contributed by atoms with E-state index in [-0.39, 0.29) is 23.8 Å². The molecular weight excluding hydrogens is 462 g/mol. The molecule has 0 heterocycles. The Kier molecular flexibility index (Phi) is 6.48. The van der Waals surface area contributed by atoms with E-state index in [1.165, 1.54) is 30.5 Å². The molecule has 2 N–H and O–H groups in total. The van der Waals surface area contributed by atoms with Crippen LogP contribution in [-0.2, 0) is 4.79 Å². The van der Waals surface area contributed by atoms with Crippen molar-refractivity contribution in [3.8, 4) is 11.5 Å². The van der Waals surface area contributed by atoms with E-state index in [0.717, 1.165) is 0 Å². The summed E-state index contributed by atoms with van der Waals surface area (Å²) in [6.45, 7) is -0.346. The number of nitro groups is 1. The molecule has 0 saturated heterocycles. The summed E-state index contributed by atoms with van der Waals surface area (Å²) in [5, 5.41) is 24.1. The molecule has 0 bridgehead atoms. The second-order valence-corrected chi connectivity index (χ2v) is 6.38. The number of hydrazone groups is 1. The van der Waals surface area contributed by atoms with Gasteiger partial charge >= 0.3 is 0 Å². The van der Waals surface area contributed by atoms with Gasteiger partial charge in [0, 0.05) is 6.07 Å². The largest absolute Gasteiger partial charge is 0.506 e. The first-order valence-electron chi connectivity index (χ1n) is 6.74. The van der Waals surface area contributed by atoms with E-state index in [2.05, 4.69) is 42.4 Å². The number of carbonyl (C=O) groups is 1. The number of phenols is 1. The summed E-state index contributed by atoms with van der Waals surface area (Å²) < 4.78 is 6.13. The van der Waals surface area contributed by atoms with Crippen molar-refractivity contribution < 1.29 is 19.6 Å². The molecule has 1 amide bonds. The number of amides is 1. The van der Waals surface area contributed by atoms with Gasteiger partial charge in [0.2, 0.25) is 0 Å². The number of rotatable bonds is 6. The third-order valence-electron chi connectivity index (χ3n) is 2.84. The number of non-ortho nitro benzene ring substituents is 1. The molecule has 0 aliphatic heterocycles. The van der Waals surface area contributed by atoms with Gasteiger partial charge in [0.05, 0.1) is 26.1 Å². The number of halogens is 2. The van der Waals surface area contributed by atoms with Crippen molar-refractivity contribution >= 4 is 49.7 Å². The molecule has 0 atom stereocenters. The van der Waals surface area contributed by atoms with E-state index in [0.29, 0.717) is 14.5 Å². The number of phenolic OH excluding ortho intramolecular Hbond substituents is 1. The average molecular weight is 473 g/mol. The highest BCUT2D eigenvalue weighted by Gasteiger charge is 2.08. The number of carbonyl (C=O) groups excluding carboxylic acids is 1. The van der Waals surface area contributed by atoms with Crippen LogP contribution in [0.3, 0.4) is 0 Å². The number of hydrogen-bond acceptors (Lipinski definition) is 6. The third kappa shape index (κ3) is 5.54. The minimum absolute atomic E-state index is 0.0616. The van der Waals surface area contributed by atoms with Gasteiger partial charge in [-0.2, -0.15) is 5.10 Å². The Morgan fingerprint density at radius 1 is 1.32 bits per heavy atom. The summed E-state index contributed by atoms with van der Waals surface area (Å²) >= 11 is 6.37. The zero-order valence-electron chi connectivity index (χ0n) is 12.5. The number of nitrogens with one attached hydrogen (secondary N) is 1. The molecular formula is C15H11Br2N3O5. The minimum atomic E-state index is -0.550. The molecule has 2 aromatic rings. The maximum atomic E-state index is 11.7. The molecule has 25 heavy (non-hydrogen) atoms. The Bertz CT molecular complexity index is 819. The zero-order valence-corrected chi connectivity index (χ0v) is 15.7. The molecule has 2 rings (SSSR count). The zero-order chi connectivity index (χ0) is 18.4. The van der Waals surface area contributed by atoms with Crippen LogP contribution in [0.4, 0.5) is 5.69 Å². The molecule has 0 fully saturated rings. The van der Waals surface area contributed by atoms with Crippen molar-refractivity contribution in [2.45, 2.75) is 0 Å². The van der Waals surface area contributed by atoms with Crippen LogP contribution in [0, 0.1) is 10.1 Å². The van der Waals surface area contributed by atoms with Crippen molar-refractivity contribution in [2.24, 2.45) is 5.10 Å². The van der Waals surface area contributed by atoms with Crippen LogP contribution in [0.25, 0.3) is 0 Å². The average Bonchev–Trinajstić information content (AvgIpc) is 2.58. The molecule has 0 aliphatic rings. The Balaban J connectivity index is 1.88. The lowest BCUT2D eigenvalue weighted by Gasteiger charge is -2.05. The van der Waals surface area contributed by atoms with Gasteiger partial charge < -0.3 is 9.84 Å². The van der Waals surface area contributed by atoms with Gasteiger partial charge in [-0.3, -0.25) is 14.9 Å². The molecule has 0 aliphatic carbocycles. The first kappa shape index (κ1) is 18.9. The summed E-state index contributed by atoms with van der Waals surface area (Å²) in [6, 6.07) is 8.76. The fourth-order valence-corrected chi connectivity index (χ4v) is 2.93. The Hall–Kier alpha value is -2.46. The lowest BCUT2D eigenvalue weighted by Crippen LogP contribution is -2.24. The highest BCUT2D eigenvalue weighted by Crippen LogP contribution is 2.32. The molecule has 0 saturated carbocycles. The Morgan fingerprint density at radius 2 is 2.00 bits per heavy atom. The molecule has 2 aromatic carbocycles. The lowest BCUT2D eigenvalue weighted by molar-refractivity contribution is -0.384. The predicted molar refractivity (Wildman–Crippen MR) is 97.8 cm³/mol. The van der Waals surface area contributed by atoms with Crippen molar-refractivity contribution in [2.75, 3.05) is 6.61 Å². The molecule has 130 valence electrons. The van der Waals surface area contributed by atoms with Gasteiger partial charge in [-0.05, 0) is 55.6 Å². The van der Waals surface area contributed by atoms with E-state index in [4.69, 9.17) is 4.74 Å². The molecule has 8 nitrogen and oxygen atoms in total. The van der Waals surface area contributed by atoms with Crippen LogP contribution in [0.1, 0.15) is 5.56 Å². The summed E-state index contributed by atoms with van der Waals surface area (Å²) in [7, 11) is 0. The highest BCUT2D eigenvalue weighted by atomic mass is 79.9. The first-order chi connectivity index (χ1) is 11.9. The van der Waals surface area contributed by atoms with Crippen molar-refractivity contribution in [3.05, 3.63) is 61.0 Å². The van der Waals surface area contributed by atoms with E-state index >= 15 is 0 Å². The molecule has 0 spiro atoms. The second-order valence-electron chi connectivity index (χ2n) is 4.67. The predicted octanol–water partition coefficient (Wildman–Crippen LogP) is 3.35. The number of hydrogen-bond donors (Lipinski definition) is 2. The number of nitrogens with zero attached hydrogens (tertiary/aromatic N) is 2.